The van der Waals surface area contributed by atoms with E-state index in [1.165, 1.54) is 4.90 Å². The van der Waals surface area contributed by atoms with Gasteiger partial charge in [0, 0.05) is 19.3 Å². The van der Waals surface area contributed by atoms with E-state index in [9.17, 15) is 18.0 Å². The number of carbonyl (C=O) groups is 2. The molecule has 0 spiro atoms. The molecule has 92 valence electrons. The predicted octanol–water partition coefficient (Wildman–Crippen LogP) is -0.646. The minimum absolute atomic E-state index is 0.0800. The van der Waals surface area contributed by atoms with E-state index < -0.39 is 32.9 Å². The van der Waals surface area contributed by atoms with Crippen molar-refractivity contribution in [3.8, 4) is 0 Å². The van der Waals surface area contributed by atoms with Crippen LogP contribution in [0.5, 0.6) is 0 Å². The molecule has 0 aliphatic carbocycles. The zero-order valence-corrected chi connectivity index (χ0v) is 10.1. The summed E-state index contributed by atoms with van der Waals surface area (Å²) in [6, 6.07) is 0. The summed E-state index contributed by atoms with van der Waals surface area (Å²) < 4.78 is 21.9. The first-order valence-corrected chi connectivity index (χ1v) is 6.89. The van der Waals surface area contributed by atoms with Crippen molar-refractivity contribution in [2.75, 3.05) is 25.1 Å². The number of aliphatic carboxylic acids is 1. The minimum Gasteiger partial charge on any atom is -0.481 e. The van der Waals surface area contributed by atoms with Gasteiger partial charge in [-0.2, -0.15) is 0 Å². The topological polar surface area (TPSA) is 91.8 Å². The second-order valence-corrected chi connectivity index (χ2v) is 6.64. The lowest BCUT2D eigenvalue weighted by atomic mass is 9.90. The number of likely N-dealkylation sites (tertiary alicyclic amines) is 1. The maximum Gasteiger partial charge on any atom is 0.311 e. The minimum atomic E-state index is -3.36. The molecule has 1 N–H and O–H groups in total. The van der Waals surface area contributed by atoms with Crippen LogP contribution in [-0.4, -0.2) is 55.4 Å². The molecule has 1 atom stereocenters. The molecular weight excluding hydrogens is 234 g/mol. The van der Waals surface area contributed by atoms with E-state index in [-0.39, 0.29) is 6.54 Å². The molecule has 0 aromatic heterocycles. The lowest BCUT2D eigenvalue weighted by Gasteiger charge is -2.19. The molecule has 0 aromatic carbocycles. The first-order valence-electron chi connectivity index (χ1n) is 4.83. The molecule has 6 nitrogen and oxygen atoms in total. The fraction of sp³-hybridized carbons (Fsp3) is 0.778. The Morgan fingerprint density at radius 1 is 1.44 bits per heavy atom. The predicted molar refractivity (Wildman–Crippen MR) is 56.7 cm³/mol. The number of hydrogen-bond donors (Lipinski definition) is 1. The van der Waals surface area contributed by atoms with Crippen molar-refractivity contribution in [2.45, 2.75) is 13.3 Å². The highest BCUT2D eigenvalue weighted by atomic mass is 32.2. The van der Waals surface area contributed by atoms with Gasteiger partial charge in [-0.1, -0.05) is 0 Å². The fourth-order valence-corrected chi connectivity index (χ4v) is 2.30. The van der Waals surface area contributed by atoms with Crippen LogP contribution in [0.4, 0.5) is 0 Å². The third-order valence-electron chi connectivity index (χ3n) is 2.73. The maximum atomic E-state index is 11.5. The van der Waals surface area contributed by atoms with Crippen LogP contribution in [0, 0.1) is 5.41 Å². The smallest absolute Gasteiger partial charge is 0.311 e. The van der Waals surface area contributed by atoms with Gasteiger partial charge in [-0.05, 0) is 13.3 Å². The summed E-state index contributed by atoms with van der Waals surface area (Å²) >= 11 is 0. The van der Waals surface area contributed by atoms with Crippen LogP contribution in [-0.2, 0) is 19.4 Å². The van der Waals surface area contributed by atoms with Crippen molar-refractivity contribution in [1.29, 1.82) is 0 Å². The molecule has 7 heteroatoms. The normalized spacial score (nSPS) is 25.8. The standard InChI is InChI=1S/C9H15NO5S/c1-9(8(12)13)3-4-10(6-9)7(11)5-16(2,14)15/h3-6H2,1-2H3,(H,12,13). The van der Waals surface area contributed by atoms with Crippen LogP contribution in [0.3, 0.4) is 0 Å². The second kappa shape index (κ2) is 4.04. The number of sulfone groups is 1. The lowest BCUT2D eigenvalue weighted by molar-refractivity contribution is -0.147. The number of carboxylic acids is 1. The van der Waals surface area contributed by atoms with Gasteiger partial charge in [-0.25, -0.2) is 8.42 Å². The van der Waals surface area contributed by atoms with E-state index >= 15 is 0 Å². The van der Waals surface area contributed by atoms with Gasteiger partial charge in [0.2, 0.25) is 5.91 Å². The third-order valence-corrected chi connectivity index (χ3v) is 3.50. The van der Waals surface area contributed by atoms with Crippen LogP contribution in [0.15, 0.2) is 0 Å². The number of carbonyl (C=O) groups excluding carboxylic acids is 1. The van der Waals surface area contributed by atoms with Gasteiger partial charge >= 0.3 is 5.97 Å². The Morgan fingerprint density at radius 3 is 2.38 bits per heavy atom. The molecule has 0 saturated carbocycles. The van der Waals surface area contributed by atoms with Crippen molar-refractivity contribution in [3.05, 3.63) is 0 Å². The van der Waals surface area contributed by atoms with E-state index in [4.69, 9.17) is 5.11 Å². The molecule has 0 bridgehead atoms. The molecule has 0 radical (unpaired) electrons. The highest BCUT2D eigenvalue weighted by molar-refractivity contribution is 7.91. The number of nitrogens with zero attached hydrogens (tertiary/aromatic N) is 1. The molecule has 1 heterocycles. The number of amides is 1. The molecule has 1 aliphatic heterocycles. The van der Waals surface area contributed by atoms with Crippen LogP contribution in [0.2, 0.25) is 0 Å². The Balaban J connectivity index is 2.67. The van der Waals surface area contributed by atoms with Crippen LogP contribution >= 0.6 is 0 Å². The van der Waals surface area contributed by atoms with Gasteiger partial charge in [0.15, 0.2) is 9.84 Å². The Bertz CT molecular complexity index is 416. The van der Waals surface area contributed by atoms with Gasteiger partial charge < -0.3 is 10.0 Å². The number of hydrogen-bond acceptors (Lipinski definition) is 4. The summed E-state index contributed by atoms with van der Waals surface area (Å²) in [5.74, 6) is -2.03. The highest BCUT2D eigenvalue weighted by Crippen LogP contribution is 2.30. The van der Waals surface area contributed by atoms with Gasteiger partial charge in [0.05, 0.1) is 5.41 Å². The van der Waals surface area contributed by atoms with E-state index in [1.54, 1.807) is 6.92 Å². The van der Waals surface area contributed by atoms with Crippen LogP contribution < -0.4 is 0 Å². The van der Waals surface area contributed by atoms with Crippen molar-refractivity contribution in [2.24, 2.45) is 5.41 Å². The Labute approximate surface area is 94.2 Å². The molecule has 0 aromatic rings. The molecule has 1 rings (SSSR count). The van der Waals surface area contributed by atoms with Gasteiger partial charge in [-0.3, -0.25) is 9.59 Å². The van der Waals surface area contributed by atoms with Crippen LogP contribution in [0.1, 0.15) is 13.3 Å². The maximum absolute atomic E-state index is 11.5. The molecule has 16 heavy (non-hydrogen) atoms. The average molecular weight is 249 g/mol. The Morgan fingerprint density at radius 2 is 2.00 bits per heavy atom. The SMILES string of the molecule is CC1(C(=O)O)CCN(C(=O)CS(C)(=O)=O)C1. The zero-order valence-electron chi connectivity index (χ0n) is 9.26. The van der Waals surface area contributed by atoms with Gasteiger partial charge in [-0.15, -0.1) is 0 Å². The van der Waals surface area contributed by atoms with Crippen molar-refractivity contribution in [1.82, 2.24) is 4.90 Å². The van der Waals surface area contributed by atoms with Gasteiger partial charge in [0.1, 0.15) is 5.75 Å². The summed E-state index contributed by atoms with van der Waals surface area (Å²) in [4.78, 5) is 23.7. The Hall–Kier alpha value is -1.11. The molecule has 1 amide bonds. The quantitative estimate of drug-likeness (QED) is 0.718. The van der Waals surface area contributed by atoms with Crippen molar-refractivity contribution < 1.29 is 23.1 Å². The molecule has 1 aliphatic rings. The highest BCUT2D eigenvalue weighted by Gasteiger charge is 2.42. The summed E-state index contributed by atoms with van der Waals surface area (Å²) in [6.07, 6.45) is 1.34. The summed E-state index contributed by atoms with van der Waals surface area (Å²) in [5, 5.41) is 8.95. The zero-order chi connectivity index (χ0) is 12.6. The van der Waals surface area contributed by atoms with E-state index in [1.807, 2.05) is 0 Å². The first kappa shape index (κ1) is 13.0. The van der Waals surface area contributed by atoms with Crippen molar-refractivity contribution >= 4 is 21.7 Å². The lowest BCUT2D eigenvalue weighted by Crippen LogP contribution is -2.37. The average Bonchev–Trinajstić information content (AvgIpc) is 2.46. The molecule has 1 saturated heterocycles. The molecular formula is C9H15NO5S. The van der Waals surface area contributed by atoms with E-state index in [2.05, 4.69) is 0 Å². The summed E-state index contributed by atoms with van der Waals surface area (Å²) in [7, 11) is -3.36. The summed E-state index contributed by atoms with van der Waals surface area (Å²) in [5.41, 5.74) is -0.951. The van der Waals surface area contributed by atoms with Crippen LogP contribution in [0.25, 0.3) is 0 Å². The monoisotopic (exact) mass is 249 g/mol. The van der Waals surface area contributed by atoms with Gasteiger partial charge in [0.25, 0.3) is 0 Å². The number of carboxylic acid groups (broad SMARTS) is 1. The van der Waals surface area contributed by atoms with Crippen molar-refractivity contribution in [3.63, 3.8) is 0 Å². The first-order chi connectivity index (χ1) is 7.14. The molecule has 1 fully saturated rings. The molecule has 1 unspecified atom stereocenters. The largest absolute Gasteiger partial charge is 0.481 e. The fourth-order valence-electron chi connectivity index (χ4n) is 1.66. The second-order valence-electron chi connectivity index (χ2n) is 4.50. The van der Waals surface area contributed by atoms with E-state index in [0.29, 0.717) is 13.0 Å². The Kier molecular flexibility index (Phi) is 3.27. The summed E-state index contributed by atoms with van der Waals surface area (Å²) in [6.45, 7) is 1.94. The third kappa shape index (κ3) is 2.94. The van der Waals surface area contributed by atoms with E-state index in [0.717, 1.165) is 6.26 Å². The number of rotatable bonds is 3.